The van der Waals surface area contributed by atoms with Crippen LogP contribution in [0.15, 0.2) is 0 Å². The third-order valence-electron chi connectivity index (χ3n) is 3.44. The molecule has 0 spiro atoms. The molecule has 0 unspecified atom stereocenters. The minimum absolute atomic E-state index is 0.0306. The highest BCUT2D eigenvalue weighted by molar-refractivity contribution is 5.00. The van der Waals surface area contributed by atoms with Crippen molar-refractivity contribution in [2.75, 3.05) is 19.6 Å². The Hall–Kier alpha value is -0.630. The van der Waals surface area contributed by atoms with E-state index in [1.54, 1.807) is 0 Å². The monoisotopic (exact) mass is 238 g/mol. The smallest absolute Gasteiger partial charge is 0.0975 e. The third-order valence-corrected chi connectivity index (χ3v) is 3.44. The molecule has 4 heteroatoms. The number of hydrogen-bond acceptors (Lipinski definition) is 4. The predicted molar refractivity (Wildman–Crippen MR) is 70.3 cm³/mol. The van der Waals surface area contributed by atoms with Crippen LogP contribution in [0.2, 0.25) is 0 Å². The highest BCUT2D eigenvalue weighted by Gasteiger charge is 2.45. The van der Waals surface area contributed by atoms with Crippen LogP contribution in [0.1, 0.15) is 41.5 Å². The molecule has 1 heterocycles. The van der Waals surface area contributed by atoms with Gasteiger partial charge in [0.25, 0.3) is 0 Å². The van der Waals surface area contributed by atoms with Crippen molar-refractivity contribution in [3.05, 3.63) is 0 Å². The summed E-state index contributed by atoms with van der Waals surface area (Å²) in [6.07, 6.45) is 0. The second-order valence-corrected chi connectivity index (χ2v) is 6.45. The van der Waals surface area contributed by atoms with Crippen LogP contribution in [-0.4, -0.2) is 46.7 Å². The van der Waals surface area contributed by atoms with Crippen LogP contribution in [0.3, 0.4) is 0 Å². The Morgan fingerprint density at radius 3 is 2.00 bits per heavy atom. The Morgan fingerprint density at radius 1 is 1.18 bits per heavy atom. The van der Waals surface area contributed by atoms with Gasteiger partial charge in [-0.2, -0.15) is 5.26 Å². The van der Waals surface area contributed by atoms with E-state index in [1.165, 1.54) is 0 Å². The first-order chi connectivity index (χ1) is 7.70. The minimum atomic E-state index is 0.0306. The van der Waals surface area contributed by atoms with E-state index in [1.807, 2.05) is 0 Å². The topological polar surface area (TPSA) is 42.3 Å². The van der Waals surface area contributed by atoms with Gasteiger partial charge in [-0.05, 0) is 41.5 Å². The van der Waals surface area contributed by atoms with Gasteiger partial charge < -0.3 is 0 Å². The van der Waals surface area contributed by atoms with Gasteiger partial charge in [0.05, 0.1) is 12.6 Å². The minimum Gasteiger partial charge on any atom is -0.297 e. The highest BCUT2D eigenvalue weighted by Crippen LogP contribution is 2.31. The van der Waals surface area contributed by atoms with Gasteiger partial charge in [0, 0.05) is 30.2 Å². The second kappa shape index (κ2) is 4.93. The summed E-state index contributed by atoms with van der Waals surface area (Å²) in [7, 11) is 0. The maximum Gasteiger partial charge on any atom is 0.0975 e. The van der Waals surface area contributed by atoms with Crippen molar-refractivity contribution in [1.29, 1.82) is 5.26 Å². The van der Waals surface area contributed by atoms with E-state index >= 15 is 0 Å². The fourth-order valence-corrected chi connectivity index (χ4v) is 2.92. The normalized spacial score (nSPS) is 24.8. The highest BCUT2D eigenvalue weighted by atomic mass is 15.6. The van der Waals surface area contributed by atoms with E-state index in [9.17, 15) is 0 Å². The molecule has 0 aliphatic carbocycles. The number of hydrogen-bond donors (Lipinski definition) is 1. The van der Waals surface area contributed by atoms with E-state index in [2.05, 4.69) is 62.9 Å². The molecule has 0 bridgehead atoms. The van der Waals surface area contributed by atoms with Gasteiger partial charge in [-0.15, -0.1) is 0 Å². The molecule has 1 saturated heterocycles. The van der Waals surface area contributed by atoms with Crippen molar-refractivity contribution in [2.24, 2.45) is 0 Å². The second-order valence-electron chi connectivity index (χ2n) is 6.45. The summed E-state index contributed by atoms with van der Waals surface area (Å²) in [5, 5.41) is 11.0. The molecular formula is C13H26N4. The number of hydrazine groups is 1. The van der Waals surface area contributed by atoms with Crippen molar-refractivity contribution in [1.82, 2.24) is 15.3 Å². The van der Waals surface area contributed by atoms with Gasteiger partial charge in [-0.25, -0.2) is 10.4 Å². The molecule has 0 radical (unpaired) electrons. The summed E-state index contributed by atoms with van der Waals surface area (Å²) in [5.41, 5.74) is 3.32. The van der Waals surface area contributed by atoms with Crippen LogP contribution < -0.4 is 5.43 Å². The Morgan fingerprint density at radius 2 is 1.65 bits per heavy atom. The van der Waals surface area contributed by atoms with Gasteiger partial charge in [0.1, 0.15) is 0 Å². The molecular weight excluding hydrogens is 212 g/mol. The van der Waals surface area contributed by atoms with Crippen molar-refractivity contribution in [2.45, 2.75) is 58.7 Å². The largest absolute Gasteiger partial charge is 0.297 e. The Balaban J connectivity index is 2.88. The average molecular weight is 238 g/mol. The molecule has 1 aliphatic rings. The van der Waals surface area contributed by atoms with E-state index < -0.39 is 0 Å². The quantitative estimate of drug-likeness (QED) is 0.758. The van der Waals surface area contributed by atoms with Gasteiger partial charge in [-0.3, -0.25) is 4.90 Å². The molecule has 0 amide bonds. The standard InChI is InChI=1S/C13H26N4/c1-11(2)16-9-12(3,4)17(15-8-7-14)13(5,6)10-16/h11,15H,8-10H2,1-6H3. The molecule has 1 aliphatic heterocycles. The van der Waals surface area contributed by atoms with Crippen LogP contribution in [0.5, 0.6) is 0 Å². The average Bonchev–Trinajstić information content (AvgIpc) is 2.14. The van der Waals surface area contributed by atoms with Crippen LogP contribution in [0.4, 0.5) is 0 Å². The molecule has 1 N–H and O–H groups in total. The first-order valence-corrected chi connectivity index (χ1v) is 6.35. The van der Waals surface area contributed by atoms with Crippen molar-refractivity contribution in [3.63, 3.8) is 0 Å². The fourth-order valence-electron chi connectivity index (χ4n) is 2.92. The molecule has 98 valence electrons. The molecule has 0 saturated carbocycles. The molecule has 1 fully saturated rings. The number of piperazine rings is 1. The lowest BCUT2D eigenvalue weighted by atomic mass is 9.89. The summed E-state index contributed by atoms with van der Waals surface area (Å²) < 4.78 is 0. The summed E-state index contributed by atoms with van der Waals surface area (Å²) in [4.78, 5) is 2.50. The zero-order valence-corrected chi connectivity index (χ0v) is 12.0. The van der Waals surface area contributed by atoms with Crippen molar-refractivity contribution in [3.8, 4) is 6.07 Å². The predicted octanol–water partition coefficient (Wildman–Crippen LogP) is 1.60. The summed E-state index contributed by atoms with van der Waals surface area (Å²) >= 11 is 0. The van der Waals surface area contributed by atoms with E-state index in [0.717, 1.165) is 13.1 Å². The third kappa shape index (κ3) is 3.19. The SMILES string of the molecule is CC(C)N1CC(C)(C)N(NCC#N)C(C)(C)C1. The molecule has 0 aromatic carbocycles. The van der Waals surface area contributed by atoms with E-state index in [4.69, 9.17) is 5.26 Å². The zero-order valence-electron chi connectivity index (χ0n) is 12.0. The van der Waals surface area contributed by atoms with E-state index in [0.29, 0.717) is 12.6 Å². The zero-order chi connectivity index (χ0) is 13.3. The van der Waals surface area contributed by atoms with Crippen LogP contribution in [-0.2, 0) is 0 Å². The molecule has 0 aromatic rings. The Bertz CT molecular complexity index is 283. The van der Waals surface area contributed by atoms with Crippen molar-refractivity contribution >= 4 is 0 Å². The lowest BCUT2D eigenvalue weighted by molar-refractivity contribution is -0.108. The van der Waals surface area contributed by atoms with Gasteiger partial charge in [0.15, 0.2) is 0 Å². The Labute approximate surface area is 106 Å². The van der Waals surface area contributed by atoms with Gasteiger partial charge >= 0.3 is 0 Å². The maximum absolute atomic E-state index is 8.73. The molecule has 0 aromatic heterocycles. The molecule has 0 atom stereocenters. The van der Waals surface area contributed by atoms with Crippen molar-refractivity contribution < 1.29 is 0 Å². The van der Waals surface area contributed by atoms with Gasteiger partial charge in [0.2, 0.25) is 0 Å². The summed E-state index contributed by atoms with van der Waals surface area (Å²) in [6, 6.07) is 2.72. The number of rotatable bonds is 3. The Kier molecular flexibility index (Phi) is 4.19. The molecule has 1 rings (SSSR count). The van der Waals surface area contributed by atoms with Crippen LogP contribution in [0, 0.1) is 11.3 Å². The number of nitriles is 1. The summed E-state index contributed by atoms with van der Waals surface area (Å²) in [5.74, 6) is 0. The lowest BCUT2D eigenvalue weighted by Crippen LogP contribution is -2.73. The number of nitrogens with zero attached hydrogens (tertiary/aromatic N) is 3. The van der Waals surface area contributed by atoms with Gasteiger partial charge in [-0.1, -0.05) is 0 Å². The van der Waals surface area contributed by atoms with Crippen LogP contribution >= 0.6 is 0 Å². The molecule has 4 nitrogen and oxygen atoms in total. The lowest BCUT2D eigenvalue weighted by Gasteiger charge is -2.56. The van der Waals surface area contributed by atoms with Crippen LogP contribution in [0.25, 0.3) is 0 Å². The first-order valence-electron chi connectivity index (χ1n) is 6.35. The maximum atomic E-state index is 8.73. The summed E-state index contributed by atoms with van der Waals surface area (Å²) in [6.45, 7) is 15.8. The molecule has 17 heavy (non-hydrogen) atoms. The number of nitrogens with one attached hydrogen (secondary N) is 1. The fraction of sp³-hybridized carbons (Fsp3) is 0.923. The van der Waals surface area contributed by atoms with E-state index in [-0.39, 0.29) is 11.1 Å². The first kappa shape index (κ1) is 14.4.